The summed E-state index contributed by atoms with van der Waals surface area (Å²) in [5, 5.41) is 0. The third kappa shape index (κ3) is 3.43. The summed E-state index contributed by atoms with van der Waals surface area (Å²) in [5.74, 6) is -0.417. The summed E-state index contributed by atoms with van der Waals surface area (Å²) < 4.78 is 5.06. The molecule has 0 amide bonds. The zero-order valence-electron chi connectivity index (χ0n) is 9.56. The van der Waals surface area contributed by atoms with Crippen molar-refractivity contribution in [2.75, 3.05) is 38.7 Å². The quantitative estimate of drug-likeness (QED) is 0.576. The molecule has 0 aliphatic heterocycles. The Balaban J connectivity index is 2.59. The first-order valence-corrected chi connectivity index (χ1v) is 4.97. The Kier molecular flexibility index (Phi) is 4.13. The van der Waals surface area contributed by atoms with Crippen LogP contribution in [0.4, 0.5) is 11.4 Å². The zero-order valence-corrected chi connectivity index (χ0v) is 9.56. The van der Waals surface area contributed by atoms with Crippen LogP contribution in [-0.2, 0) is 4.74 Å². The summed E-state index contributed by atoms with van der Waals surface area (Å²) >= 11 is 0. The summed E-state index contributed by atoms with van der Waals surface area (Å²) in [7, 11) is 3.82. The minimum atomic E-state index is -0.417. The van der Waals surface area contributed by atoms with Crippen LogP contribution in [0.5, 0.6) is 0 Å². The Hall–Kier alpha value is -1.75. The molecule has 0 aliphatic rings. The van der Waals surface area contributed by atoms with E-state index >= 15 is 0 Å². The molecule has 0 aromatic heterocycles. The van der Waals surface area contributed by atoms with Crippen LogP contribution in [0.3, 0.4) is 0 Å². The van der Waals surface area contributed by atoms with E-state index in [0.717, 1.165) is 0 Å². The van der Waals surface area contributed by atoms with Gasteiger partial charge in [-0.3, -0.25) is 0 Å². The van der Waals surface area contributed by atoms with E-state index < -0.39 is 5.97 Å². The molecule has 0 spiro atoms. The van der Waals surface area contributed by atoms with Crippen molar-refractivity contribution >= 4 is 17.3 Å². The summed E-state index contributed by atoms with van der Waals surface area (Å²) in [6, 6.07) is 4.74. The van der Waals surface area contributed by atoms with Crippen LogP contribution in [0, 0.1) is 0 Å². The number of nitrogens with zero attached hydrogens (tertiary/aromatic N) is 1. The van der Waals surface area contributed by atoms with Gasteiger partial charge in [-0.2, -0.15) is 0 Å². The van der Waals surface area contributed by atoms with Crippen molar-refractivity contribution < 1.29 is 9.53 Å². The molecule has 0 fully saturated rings. The van der Waals surface area contributed by atoms with Gasteiger partial charge in [0.15, 0.2) is 0 Å². The van der Waals surface area contributed by atoms with E-state index in [1.54, 1.807) is 18.2 Å². The van der Waals surface area contributed by atoms with Crippen molar-refractivity contribution in [1.82, 2.24) is 4.90 Å². The van der Waals surface area contributed by atoms with Crippen LogP contribution < -0.4 is 11.5 Å². The number of anilines is 2. The standard InChI is InChI=1S/C11H17N3O2/c1-14(2)5-6-16-11(15)9-4-3-8(12)7-10(9)13/h3-4,7H,5-6,12-13H2,1-2H3. The number of benzene rings is 1. The Bertz CT molecular complexity index is 377. The minimum Gasteiger partial charge on any atom is -0.461 e. The van der Waals surface area contributed by atoms with Crippen molar-refractivity contribution in [3.8, 4) is 0 Å². The molecule has 0 saturated heterocycles. The van der Waals surface area contributed by atoms with Crippen LogP contribution >= 0.6 is 0 Å². The third-order valence-corrected chi connectivity index (χ3v) is 2.07. The predicted molar refractivity (Wildman–Crippen MR) is 64.1 cm³/mol. The highest BCUT2D eigenvalue weighted by atomic mass is 16.5. The van der Waals surface area contributed by atoms with E-state index in [0.29, 0.717) is 30.1 Å². The lowest BCUT2D eigenvalue weighted by atomic mass is 10.1. The van der Waals surface area contributed by atoms with Gasteiger partial charge in [-0.1, -0.05) is 0 Å². The van der Waals surface area contributed by atoms with Crippen LogP contribution in [0.1, 0.15) is 10.4 Å². The molecule has 0 radical (unpaired) electrons. The monoisotopic (exact) mass is 223 g/mol. The highest BCUT2D eigenvalue weighted by Gasteiger charge is 2.10. The lowest BCUT2D eigenvalue weighted by Gasteiger charge is -2.11. The lowest BCUT2D eigenvalue weighted by molar-refractivity contribution is 0.0483. The molecule has 0 bridgehead atoms. The van der Waals surface area contributed by atoms with Gasteiger partial charge in [0, 0.05) is 17.9 Å². The maximum Gasteiger partial charge on any atom is 0.340 e. The van der Waals surface area contributed by atoms with Crippen LogP contribution in [0.25, 0.3) is 0 Å². The van der Waals surface area contributed by atoms with Gasteiger partial charge in [0.25, 0.3) is 0 Å². The molecule has 0 aliphatic carbocycles. The van der Waals surface area contributed by atoms with Gasteiger partial charge in [0.05, 0.1) is 5.56 Å². The first-order valence-electron chi connectivity index (χ1n) is 4.97. The second-order valence-corrected chi connectivity index (χ2v) is 3.79. The van der Waals surface area contributed by atoms with Crippen molar-refractivity contribution in [2.45, 2.75) is 0 Å². The molecule has 1 rings (SSSR count). The first kappa shape index (κ1) is 12.3. The average molecular weight is 223 g/mol. The fourth-order valence-corrected chi connectivity index (χ4v) is 1.17. The number of likely N-dealkylation sites (N-methyl/N-ethyl adjacent to an activating group) is 1. The SMILES string of the molecule is CN(C)CCOC(=O)c1ccc(N)cc1N. The predicted octanol–water partition coefficient (Wildman–Crippen LogP) is 0.569. The number of nitrogens with two attached hydrogens (primary N) is 2. The Labute approximate surface area is 95.0 Å². The smallest absolute Gasteiger partial charge is 0.340 e. The molecule has 0 saturated carbocycles. The summed E-state index contributed by atoms with van der Waals surface area (Å²) in [5.41, 5.74) is 12.4. The highest BCUT2D eigenvalue weighted by Crippen LogP contribution is 2.16. The van der Waals surface area contributed by atoms with E-state index in [2.05, 4.69) is 0 Å². The number of hydrogen-bond donors (Lipinski definition) is 2. The van der Waals surface area contributed by atoms with Gasteiger partial charge >= 0.3 is 5.97 Å². The molecule has 0 unspecified atom stereocenters. The number of carbonyl (C=O) groups excluding carboxylic acids is 1. The number of rotatable bonds is 4. The topological polar surface area (TPSA) is 81.6 Å². The largest absolute Gasteiger partial charge is 0.461 e. The number of carbonyl (C=O) groups is 1. The molecule has 4 N–H and O–H groups in total. The van der Waals surface area contributed by atoms with E-state index in [4.69, 9.17) is 16.2 Å². The summed E-state index contributed by atoms with van der Waals surface area (Å²) in [4.78, 5) is 13.5. The fraction of sp³-hybridized carbons (Fsp3) is 0.364. The molecule has 1 aromatic rings. The Morgan fingerprint density at radius 1 is 1.38 bits per heavy atom. The van der Waals surface area contributed by atoms with E-state index in [1.807, 2.05) is 19.0 Å². The number of esters is 1. The highest BCUT2D eigenvalue weighted by molar-refractivity contribution is 5.95. The molecule has 5 nitrogen and oxygen atoms in total. The summed E-state index contributed by atoms with van der Waals surface area (Å²) in [6.45, 7) is 1.02. The van der Waals surface area contributed by atoms with Gasteiger partial charge in [0.1, 0.15) is 6.61 Å². The Morgan fingerprint density at radius 2 is 2.06 bits per heavy atom. The van der Waals surface area contributed by atoms with Crippen molar-refractivity contribution in [1.29, 1.82) is 0 Å². The average Bonchev–Trinajstić information content (AvgIpc) is 2.16. The fourth-order valence-electron chi connectivity index (χ4n) is 1.17. The molecule has 5 heteroatoms. The van der Waals surface area contributed by atoms with Gasteiger partial charge in [-0.25, -0.2) is 4.79 Å². The van der Waals surface area contributed by atoms with Crippen molar-refractivity contribution in [3.05, 3.63) is 23.8 Å². The van der Waals surface area contributed by atoms with E-state index in [1.165, 1.54) is 0 Å². The molecule has 1 aromatic carbocycles. The molecule has 88 valence electrons. The van der Waals surface area contributed by atoms with Gasteiger partial charge in [-0.05, 0) is 32.3 Å². The van der Waals surface area contributed by atoms with Crippen LogP contribution in [0.15, 0.2) is 18.2 Å². The van der Waals surface area contributed by atoms with Crippen LogP contribution in [0.2, 0.25) is 0 Å². The maximum absolute atomic E-state index is 11.6. The molecule has 0 heterocycles. The second kappa shape index (κ2) is 5.37. The van der Waals surface area contributed by atoms with Gasteiger partial charge in [0.2, 0.25) is 0 Å². The normalized spacial score (nSPS) is 10.4. The number of hydrogen-bond acceptors (Lipinski definition) is 5. The number of ether oxygens (including phenoxy) is 1. The minimum absolute atomic E-state index is 0.342. The molecular weight excluding hydrogens is 206 g/mol. The van der Waals surface area contributed by atoms with Gasteiger partial charge in [-0.15, -0.1) is 0 Å². The molecule has 16 heavy (non-hydrogen) atoms. The second-order valence-electron chi connectivity index (χ2n) is 3.79. The van der Waals surface area contributed by atoms with E-state index in [-0.39, 0.29) is 0 Å². The maximum atomic E-state index is 11.6. The van der Waals surface area contributed by atoms with Crippen molar-refractivity contribution in [2.24, 2.45) is 0 Å². The van der Waals surface area contributed by atoms with Crippen molar-refractivity contribution in [3.63, 3.8) is 0 Å². The van der Waals surface area contributed by atoms with Crippen LogP contribution in [-0.4, -0.2) is 38.1 Å². The molecule has 0 atom stereocenters. The lowest BCUT2D eigenvalue weighted by Crippen LogP contribution is -2.20. The summed E-state index contributed by atoms with van der Waals surface area (Å²) in [6.07, 6.45) is 0. The third-order valence-electron chi connectivity index (χ3n) is 2.07. The number of nitrogen functional groups attached to an aromatic ring is 2. The first-order chi connectivity index (χ1) is 7.50. The van der Waals surface area contributed by atoms with E-state index in [9.17, 15) is 4.79 Å². The zero-order chi connectivity index (χ0) is 12.1. The van der Waals surface area contributed by atoms with Gasteiger partial charge < -0.3 is 21.1 Å². The molecular formula is C11H17N3O2. The Morgan fingerprint density at radius 3 is 2.62 bits per heavy atom.